The van der Waals surface area contributed by atoms with Crippen LogP contribution in [0.5, 0.6) is 0 Å². The van der Waals surface area contributed by atoms with Crippen molar-refractivity contribution in [3.63, 3.8) is 0 Å². The first kappa shape index (κ1) is 13.0. The lowest BCUT2D eigenvalue weighted by Gasteiger charge is -2.19. The quantitative estimate of drug-likeness (QED) is 0.638. The summed E-state index contributed by atoms with van der Waals surface area (Å²) in [6, 6.07) is 6.90. The predicted octanol–water partition coefficient (Wildman–Crippen LogP) is 5.28. The number of rotatable bonds is 4. The van der Waals surface area contributed by atoms with E-state index >= 15 is 0 Å². The lowest BCUT2D eigenvalue weighted by atomic mass is 9.89. The minimum absolute atomic E-state index is 0.192. The Balaban J connectivity index is 2.10. The molecule has 2 unspecified atom stereocenters. The fourth-order valence-electron chi connectivity index (χ4n) is 2.60. The Hall–Kier alpha value is -0.490. The number of benzene rings is 1. The van der Waals surface area contributed by atoms with Crippen LogP contribution in [0.4, 0.5) is 0 Å². The first-order valence-electron chi connectivity index (χ1n) is 6.96. The maximum absolute atomic E-state index is 6.52. The van der Waals surface area contributed by atoms with Crippen LogP contribution in [-0.4, -0.2) is 0 Å². The van der Waals surface area contributed by atoms with E-state index in [1.807, 2.05) is 0 Å². The lowest BCUT2D eigenvalue weighted by molar-refractivity contribution is 0.508. The van der Waals surface area contributed by atoms with Crippen molar-refractivity contribution in [1.29, 1.82) is 0 Å². The van der Waals surface area contributed by atoms with Crippen molar-refractivity contribution in [1.82, 2.24) is 0 Å². The lowest BCUT2D eigenvalue weighted by Crippen LogP contribution is -2.05. The van der Waals surface area contributed by atoms with Gasteiger partial charge in [0, 0.05) is 0 Å². The highest BCUT2D eigenvalue weighted by Crippen LogP contribution is 2.32. The van der Waals surface area contributed by atoms with E-state index in [-0.39, 0.29) is 5.38 Å². The zero-order valence-corrected chi connectivity index (χ0v) is 11.8. The molecular weight excluding hydrogens is 228 g/mol. The molecule has 0 amide bonds. The molecule has 1 aliphatic carbocycles. The molecule has 1 aromatic carbocycles. The van der Waals surface area contributed by atoms with Gasteiger partial charge in [-0.15, -0.1) is 11.6 Å². The van der Waals surface area contributed by atoms with Crippen LogP contribution in [0, 0.1) is 5.92 Å². The molecule has 94 valence electrons. The van der Waals surface area contributed by atoms with E-state index in [0.29, 0.717) is 5.92 Å². The summed E-state index contributed by atoms with van der Waals surface area (Å²) in [5.74, 6) is 0.716. The number of aryl methyl sites for hydroxylation is 2. The number of halogens is 1. The Morgan fingerprint density at radius 1 is 1.18 bits per heavy atom. The molecule has 0 spiro atoms. The van der Waals surface area contributed by atoms with E-state index < -0.39 is 0 Å². The monoisotopic (exact) mass is 250 g/mol. The van der Waals surface area contributed by atoms with Gasteiger partial charge in [-0.1, -0.05) is 38.5 Å². The maximum atomic E-state index is 6.52. The summed E-state index contributed by atoms with van der Waals surface area (Å²) in [7, 11) is 0. The molecule has 1 heteroatoms. The third kappa shape index (κ3) is 3.25. The smallest absolute Gasteiger partial charge is 0.0587 e. The first-order valence-corrected chi connectivity index (χ1v) is 7.40. The van der Waals surface area contributed by atoms with Gasteiger partial charge in [-0.25, -0.2) is 0 Å². The van der Waals surface area contributed by atoms with Crippen LogP contribution in [0.25, 0.3) is 0 Å². The highest BCUT2D eigenvalue weighted by atomic mass is 35.5. The first-order chi connectivity index (χ1) is 8.20. The van der Waals surface area contributed by atoms with Crippen LogP contribution in [0.2, 0.25) is 0 Å². The Morgan fingerprint density at radius 3 is 2.59 bits per heavy atom. The van der Waals surface area contributed by atoms with Crippen LogP contribution < -0.4 is 0 Å². The van der Waals surface area contributed by atoms with Crippen LogP contribution in [0.15, 0.2) is 18.2 Å². The number of hydrogen-bond donors (Lipinski definition) is 0. The number of fused-ring (bicyclic) bond motifs is 1. The van der Waals surface area contributed by atoms with Gasteiger partial charge in [0.15, 0.2) is 0 Å². The van der Waals surface area contributed by atoms with Gasteiger partial charge >= 0.3 is 0 Å². The molecule has 0 radical (unpaired) electrons. The highest BCUT2D eigenvalue weighted by Gasteiger charge is 2.15. The zero-order valence-electron chi connectivity index (χ0n) is 11.0. The molecule has 0 saturated heterocycles. The normalized spacial score (nSPS) is 18.5. The third-order valence-electron chi connectivity index (χ3n) is 4.04. The van der Waals surface area contributed by atoms with Gasteiger partial charge in [0.25, 0.3) is 0 Å². The van der Waals surface area contributed by atoms with Crippen LogP contribution >= 0.6 is 11.6 Å². The molecule has 0 heterocycles. The summed E-state index contributed by atoms with van der Waals surface area (Å²) < 4.78 is 0. The van der Waals surface area contributed by atoms with E-state index in [4.69, 9.17) is 11.6 Å². The van der Waals surface area contributed by atoms with Crippen molar-refractivity contribution >= 4 is 11.6 Å². The van der Waals surface area contributed by atoms with Crippen molar-refractivity contribution in [3.8, 4) is 0 Å². The second-order valence-electron chi connectivity index (χ2n) is 5.45. The SMILES string of the molecule is CCC(C)CC(Cl)c1ccc2c(c1)CCCC2. The largest absolute Gasteiger partial charge is 0.118 e. The minimum Gasteiger partial charge on any atom is -0.118 e. The zero-order chi connectivity index (χ0) is 12.3. The Morgan fingerprint density at radius 2 is 1.88 bits per heavy atom. The van der Waals surface area contributed by atoms with Crippen molar-refractivity contribution in [2.24, 2.45) is 5.92 Å². The molecule has 0 aliphatic heterocycles. The summed E-state index contributed by atoms with van der Waals surface area (Å²) in [5.41, 5.74) is 4.42. The van der Waals surface area contributed by atoms with Gasteiger partial charge in [0.05, 0.1) is 5.38 Å². The molecule has 0 saturated carbocycles. The highest BCUT2D eigenvalue weighted by molar-refractivity contribution is 6.20. The van der Waals surface area contributed by atoms with E-state index in [2.05, 4.69) is 32.0 Å². The fourth-order valence-corrected chi connectivity index (χ4v) is 3.04. The Labute approximate surface area is 110 Å². The fraction of sp³-hybridized carbons (Fsp3) is 0.625. The molecule has 1 aliphatic rings. The molecule has 0 N–H and O–H groups in total. The molecule has 2 atom stereocenters. The van der Waals surface area contributed by atoms with Gasteiger partial charge < -0.3 is 0 Å². The average molecular weight is 251 g/mol. The van der Waals surface area contributed by atoms with Gasteiger partial charge in [0.2, 0.25) is 0 Å². The molecule has 0 aromatic heterocycles. The molecule has 0 fully saturated rings. The van der Waals surface area contributed by atoms with E-state index in [1.165, 1.54) is 37.7 Å². The van der Waals surface area contributed by atoms with Gasteiger partial charge in [-0.05, 0) is 54.7 Å². The van der Waals surface area contributed by atoms with E-state index in [0.717, 1.165) is 6.42 Å². The number of alkyl halides is 1. The van der Waals surface area contributed by atoms with Gasteiger partial charge in [0.1, 0.15) is 0 Å². The molecule has 0 bridgehead atoms. The van der Waals surface area contributed by atoms with Crippen LogP contribution in [0.3, 0.4) is 0 Å². The standard InChI is InChI=1S/C16H23Cl/c1-3-12(2)10-16(17)15-9-8-13-6-4-5-7-14(13)11-15/h8-9,11-12,16H,3-7,10H2,1-2H3. The molecular formula is C16H23Cl. The van der Waals surface area contributed by atoms with Gasteiger partial charge in [-0.3, -0.25) is 0 Å². The summed E-state index contributed by atoms with van der Waals surface area (Å²) in [4.78, 5) is 0. The van der Waals surface area contributed by atoms with Crippen LogP contribution in [0.1, 0.15) is 61.6 Å². The Bertz CT molecular complexity index is 370. The molecule has 0 nitrogen and oxygen atoms in total. The van der Waals surface area contributed by atoms with E-state index in [1.54, 1.807) is 11.1 Å². The molecule has 2 rings (SSSR count). The van der Waals surface area contributed by atoms with Gasteiger partial charge in [-0.2, -0.15) is 0 Å². The Kier molecular flexibility index (Phi) is 4.50. The predicted molar refractivity (Wildman–Crippen MR) is 75.8 cm³/mol. The summed E-state index contributed by atoms with van der Waals surface area (Å²) in [6.45, 7) is 4.52. The minimum atomic E-state index is 0.192. The third-order valence-corrected chi connectivity index (χ3v) is 4.47. The summed E-state index contributed by atoms with van der Waals surface area (Å²) in [6.07, 6.45) is 7.51. The molecule has 1 aromatic rings. The van der Waals surface area contributed by atoms with Crippen LogP contribution in [-0.2, 0) is 12.8 Å². The van der Waals surface area contributed by atoms with E-state index in [9.17, 15) is 0 Å². The topological polar surface area (TPSA) is 0 Å². The summed E-state index contributed by atoms with van der Waals surface area (Å²) >= 11 is 6.52. The van der Waals surface area contributed by atoms with Crippen molar-refractivity contribution in [3.05, 3.63) is 34.9 Å². The molecule has 17 heavy (non-hydrogen) atoms. The average Bonchev–Trinajstić information content (AvgIpc) is 2.38. The summed E-state index contributed by atoms with van der Waals surface area (Å²) in [5, 5.41) is 0.192. The number of hydrogen-bond acceptors (Lipinski definition) is 0. The second kappa shape index (κ2) is 5.91. The van der Waals surface area contributed by atoms with Crippen molar-refractivity contribution in [2.75, 3.05) is 0 Å². The maximum Gasteiger partial charge on any atom is 0.0587 e. The second-order valence-corrected chi connectivity index (χ2v) is 5.98. The van der Waals surface area contributed by atoms with Crippen molar-refractivity contribution in [2.45, 2.75) is 57.7 Å². The van der Waals surface area contributed by atoms with Crippen molar-refractivity contribution < 1.29 is 0 Å².